The summed E-state index contributed by atoms with van der Waals surface area (Å²) in [7, 11) is 1.32. The van der Waals surface area contributed by atoms with E-state index in [2.05, 4.69) is 4.74 Å². The van der Waals surface area contributed by atoms with Crippen LogP contribution in [0.15, 0.2) is 36.4 Å². The van der Waals surface area contributed by atoms with E-state index >= 15 is 0 Å². The number of halogens is 1. The Hall–Kier alpha value is -1.85. The van der Waals surface area contributed by atoms with Gasteiger partial charge in [-0.05, 0) is 36.8 Å². The minimum atomic E-state index is -0.429. The summed E-state index contributed by atoms with van der Waals surface area (Å²) in [5, 5.41) is 0.644. The Bertz CT molecular complexity index is 684. The summed E-state index contributed by atoms with van der Waals surface area (Å²) in [5.41, 5.74) is 0.965. The zero-order chi connectivity index (χ0) is 16.1. The van der Waals surface area contributed by atoms with Crippen LogP contribution < -0.4 is 0 Å². The molecule has 0 atom stereocenters. The van der Waals surface area contributed by atoms with Gasteiger partial charge in [0.25, 0.3) is 5.91 Å². The van der Waals surface area contributed by atoms with E-state index in [0.29, 0.717) is 27.9 Å². The first-order chi connectivity index (χ1) is 10.5. The molecule has 116 valence electrons. The van der Waals surface area contributed by atoms with Crippen molar-refractivity contribution in [2.45, 2.75) is 13.5 Å². The summed E-state index contributed by atoms with van der Waals surface area (Å²) in [5.74, 6) is -0.537. The van der Waals surface area contributed by atoms with Crippen LogP contribution in [0.5, 0.6) is 0 Å². The molecule has 0 unspecified atom stereocenters. The van der Waals surface area contributed by atoms with Crippen molar-refractivity contribution in [3.05, 3.63) is 56.7 Å². The van der Waals surface area contributed by atoms with E-state index < -0.39 is 5.97 Å². The zero-order valence-corrected chi connectivity index (χ0v) is 13.9. The lowest BCUT2D eigenvalue weighted by Crippen LogP contribution is -2.29. The molecule has 2 rings (SSSR count). The van der Waals surface area contributed by atoms with Crippen molar-refractivity contribution in [1.29, 1.82) is 0 Å². The summed E-state index contributed by atoms with van der Waals surface area (Å²) in [6, 6.07) is 10.7. The van der Waals surface area contributed by atoms with Crippen molar-refractivity contribution in [1.82, 2.24) is 4.90 Å². The molecular weight excluding hydrogens is 322 g/mol. The maximum atomic E-state index is 12.5. The SMILES string of the molecule is CCN(Cc1cccc(Cl)c1)C(=O)c1ccc(C(=O)OC)s1. The molecule has 0 spiro atoms. The summed E-state index contributed by atoms with van der Waals surface area (Å²) < 4.78 is 4.66. The summed E-state index contributed by atoms with van der Waals surface area (Å²) in [6.45, 7) is 2.95. The van der Waals surface area contributed by atoms with E-state index in [-0.39, 0.29) is 5.91 Å². The van der Waals surface area contributed by atoms with Gasteiger partial charge in [-0.2, -0.15) is 0 Å². The molecule has 1 amide bonds. The van der Waals surface area contributed by atoms with Crippen molar-refractivity contribution < 1.29 is 14.3 Å². The average molecular weight is 338 g/mol. The smallest absolute Gasteiger partial charge is 0.348 e. The van der Waals surface area contributed by atoms with Gasteiger partial charge in [0.1, 0.15) is 4.88 Å². The van der Waals surface area contributed by atoms with Crippen LogP contribution in [0.2, 0.25) is 5.02 Å². The molecule has 6 heteroatoms. The standard InChI is InChI=1S/C16H16ClNO3S/c1-3-18(10-11-5-4-6-12(17)9-11)15(19)13-7-8-14(22-13)16(20)21-2/h4-9H,3,10H2,1-2H3. The molecule has 0 saturated carbocycles. The van der Waals surface area contributed by atoms with Gasteiger partial charge < -0.3 is 9.64 Å². The largest absolute Gasteiger partial charge is 0.465 e. The number of rotatable bonds is 5. The molecule has 1 aromatic heterocycles. The molecule has 0 aliphatic rings. The maximum absolute atomic E-state index is 12.5. The topological polar surface area (TPSA) is 46.6 Å². The minimum absolute atomic E-state index is 0.109. The van der Waals surface area contributed by atoms with Crippen LogP contribution in [0.25, 0.3) is 0 Å². The third-order valence-corrected chi connectivity index (χ3v) is 4.42. The van der Waals surface area contributed by atoms with Crippen molar-refractivity contribution in [3.63, 3.8) is 0 Å². The van der Waals surface area contributed by atoms with Gasteiger partial charge in [0.05, 0.1) is 12.0 Å². The second-order valence-electron chi connectivity index (χ2n) is 4.60. The van der Waals surface area contributed by atoms with Crippen LogP contribution in [0.1, 0.15) is 31.8 Å². The molecule has 22 heavy (non-hydrogen) atoms. The van der Waals surface area contributed by atoms with E-state index in [1.165, 1.54) is 7.11 Å². The Kier molecular flexibility index (Phi) is 5.57. The number of hydrogen-bond donors (Lipinski definition) is 0. The van der Waals surface area contributed by atoms with Gasteiger partial charge in [0, 0.05) is 18.1 Å². The Morgan fingerprint density at radius 2 is 1.95 bits per heavy atom. The first kappa shape index (κ1) is 16.5. The van der Waals surface area contributed by atoms with Crippen molar-refractivity contribution in [2.75, 3.05) is 13.7 Å². The number of hydrogen-bond acceptors (Lipinski definition) is 4. The summed E-state index contributed by atoms with van der Waals surface area (Å²) in [4.78, 5) is 26.7. The highest BCUT2D eigenvalue weighted by molar-refractivity contribution is 7.15. The van der Waals surface area contributed by atoms with Crippen LogP contribution in [0.4, 0.5) is 0 Å². The number of nitrogens with zero attached hydrogens (tertiary/aromatic N) is 1. The second kappa shape index (κ2) is 7.42. The molecule has 4 nitrogen and oxygen atoms in total. The number of thiophene rings is 1. The summed E-state index contributed by atoms with van der Waals surface area (Å²) >= 11 is 7.11. The van der Waals surface area contributed by atoms with Gasteiger partial charge in [-0.3, -0.25) is 4.79 Å². The number of carbonyl (C=O) groups is 2. The number of methoxy groups -OCH3 is 1. The Labute approximate surface area is 138 Å². The number of benzene rings is 1. The molecule has 0 bridgehead atoms. The fourth-order valence-electron chi connectivity index (χ4n) is 2.00. The average Bonchev–Trinajstić information content (AvgIpc) is 3.01. The Balaban J connectivity index is 2.15. The third kappa shape index (κ3) is 3.87. The van der Waals surface area contributed by atoms with Crippen LogP contribution in [-0.4, -0.2) is 30.4 Å². The van der Waals surface area contributed by atoms with Crippen LogP contribution in [-0.2, 0) is 11.3 Å². The normalized spacial score (nSPS) is 10.3. The van der Waals surface area contributed by atoms with E-state index in [9.17, 15) is 9.59 Å². The van der Waals surface area contributed by atoms with E-state index in [1.807, 2.05) is 25.1 Å². The van der Waals surface area contributed by atoms with Gasteiger partial charge in [0.2, 0.25) is 0 Å². The van der Waals surface area contributed by atoms with Gasteiger partial charge in [-0.15, -0.1) is 11.3 Å². The van der Waals surface area contributed by atoms with Crippen molar-refractivity contribution in [3.8, 4) is 0 Å². The first-order valence-corrected chi connectivity index (χ1v) is 7.96. The lowest BCUT2D eigenvalue weighted by atomic mass is 10.2. The van der Waals surface area contributed by atoms with Gasteiger partial charge in [0.15, 0.2) is 0 Å². The molecule has 0 aliphatic carbocycles. The van der Waals surface area contributed by atoms with Gasteiger partial charge in [-0.25, -0.2) is 4.79 Å². The number of carbonyl (C=O) groups excluding carboxylic acids is 2. The van der Waals surface area contributed by atoms with Crippen LogP contribution in [0, 0.1) is 0 Å². The fraction of sp³-hybridized carbons (Fsp3) is 0.250. The van der Waals surface area contributed by atoms with E-state index in [4.69, 9.17) is 11.6 Å². The molecule has 2 aromatic rings. The number of amides is 1. The molecular formula is C16H16ClNO3S. The first-order valence-electron chi connectivity index (χ1n) is 6.77. The molecule has 1 aromatic carbocycles. The highest BCUT2D eigenvalue weighted by Gasteiger charge is 2.19. The quantitative estimate of drug-likeness (QED) is 0.778. The van der Waals surface area contributed by atoms with Crippen molar-refractivity contribution >= 4 is 34.8 Å². The predicted octanol–water partition coefficient (Wildman–Crippen LogP) is 3.85. The molecule has 0 fully saturated rings. The number of ether oxygens (including phenoxy) is 1. The third-order valence-electron chi connectivity index (χ3n) is 3.13. The fourth-order valence-corrected chi connectivity index (χ4v) is 3.11. The maximum Gasteiger partial charge on any atom is 0.348 e. The Morgan fingerprint density at radius 1 is 1.23 bits per heavy atom. The molecule has 0 aliphatic heterocycles. The van der Waals surface area contributed by atoms with Gasteiger partial charge >= 0.3 is 5.97 Å². The lowest BCUT2D eigenvalue weighted by Gasteiger charge is -2.20. The molecule has 0 radical (unpaired) electrons. The second-order valence-corrected chi connectivity index (χ2v) is 6.12. The van der Waals surface area contributed by atoms with Crippen LogP contribution in [0.3, 0.4) is 0 Å². The van der Waals surface area contributed by atoms with E-state index in [0.717, 1.165) is 16.9 Å². The Morgan fingerprint density at radius 3 is 2.59 bits per heavy atom. The van der Waals surface area contributed by atoms with Gasteiger partial charge in [-0.1, -0.05) is 23.7 Å². The van der Waals surface area contributed by atoms with E-state index in [1.54, 1.807) is 23.1 Å². The molecule has 0 N–H and O–H groups in total. The lowest BCUT2D eigenvalue weighted by molar-refractivity contribution is 0.0606. The zero-order valence-electron chi connectivity index (χ0n) is 12.3. The molecule has 1 heterocycles. The minimum Gasteiger partial charge on any atom is -0.465 e. The summed E-state index contributed by atoms with van der Waals surface area (Å²) in [6.07, 6.45) is 0. The van der Waals surface area contributed by atoms with Crippen molar-refractivity contribution in [2.24, 2.45) is 0 Å². The number of esters is 1. The highest BCUT2D eigenvalue weighted by Crippen LogP contribution is 2.21. The highest BCUT2D eigenvalue weighted by atomic mass is 35.5. The van der Waals surface area contributed by atoms with Crippen LogP contribution >= 0.6 is 22.9 Å². The molecule has 0 saturated heterocycles. The monoisotopic (exact) mass is 337 g/mol. The predicted molar refractivity (Wildman–Crippen MR) is 87.5 cm³/mol.